The highest BCUT2D eigenvalue weighted by Crippen LogP contribution is 2.32. The first-order valence-corrected chi connectivity index (χ1v) is 8.52. The number of hydrogen-bond acceptors (Lipinski definition) is 4. The lowest BCUT2D eigenvalue weighted by Crippen LogP contribution is -2.14. The van der Waals surface area contributed by atoms with E-state index in [0.717, 1.165) is 16.8 Å². The van der Waals surface area contributed by atoms with Crippen LogP contribution in [-0.2, 0) is 9.84 Å². The molecule has 0 fully saturated rings. The molecule has 0 aliphatic rings. The Balaban J connectivity index is 2.25. The summed E-state index contributed by atoms with van der Waals surface area (Å²) in [5.41, 5.74) is 2.56. The van der Waals surface area contributed by atoms with Crippen LogP contribution in [0.5, 0.6) is 0 Å². The van der Waals surface area contributed by atoms with Crippen molar-refractivity contribution in [1.29, 1.82) is 0 Å². The first-order valence-electron chi connectivity index (χ1n) is 6.08. The number of halogens is 1. The van der Waals surface area contributed by atoms with Gasteiger partial charge < -0.3 is 5.32 Å². The van der Waals surface area contributed by atoms with Crippen LogP contribution in [0.25, 0.3) is 11.1 Å². The highest BCUT2D eigenvalue weighted by atomic mass is 35.5. The van der Waals surface area contributed by atoms with Crippen molar-refractivity contribution in [3.05, 3.63) is 47.7 Å². The third kappa shape index (κ3) is 3.95. The molecule has 0 amide bonds. The van der Waals surface area contributed by atoms with Crippen molar-refractivity contribution in [3.8, 4) is 11.1 Å². The van der Waals surface area contributed by atoms with Crippen LogP contribution in [-0.4, -0.2) is 32.0 Å². The van der Waals surface area contributed by atoms with E-state index < -0.39 is 9.84 Å². The van der Waals surface area contributed by atoms with Crippen molar-refractivity contribution in [3.63, 3.8) is 0 Å². The molecule has 4 nitrogen and oxygen atoms in total. The van der Waals surface area contributed by atoms with E-state index in [1.54, 1.807) is 12.4 Å². The number of sulfone groups is 1. The summed E-state index contributed by atoms with van der Waals surface area (Å²) in [6, 6.07) is 9.35. The molecule has 0 radical (unpaired) electrons. The minimum atomic E-state index is -2.99. The summed E-state index contributed by atoms with van der Waals surface area (Å²) in [7, 11) is -2.99. The molecule has 106 valence electrons. The van der Waals surface area contributed by atoms with Gasteiger partial charge in [-0.05, 0) is 12.1 Å². The number of aromatic nitrogens is 1. The molecule has 0 spiro atoms. The molecule has 20 heavy (non-hydrogen) atoms. The molecule has 0 bridgehead atoms. The molecule has 0 saturated heterocycles. The largest absolute Gasteiger partial charge is 0.382 e. The first kappa shape index (κ1) is 14.8. The Bertz CT molecular complexity index is 702. The van der Waals surface area contributed by atoms with Crippen molar-refractivity contribution < 1.29 is 8.42 Å². The molecular weight excluding hydrogens is 296 g/mol. The second kappa shape index (κ2) is 6.24. The van der Waals surface area contributed by atoms with E-state index in [9.17, 15) is 8.42 Å². The molecule has 0 saturated carbocycles. The molecule has 2 aromatic rings. The van der Waals surface area contributed by atoms with Gasteiger partial charge in [0.1, 0.15) is 9.84 Å². The van der Waals surface area contributed by atoms with Crippen LogP contribution in [0.1, 0.15) is 0 Å². The van der Waals surface area contributed by atoms with Crippen LogP contribution in [0.3, 0.4) is 0 Å². The Morgan fingerprint density at radius 1 is 1.20 bits per heavy atom. The average molecular weight is 311 g/mol. The Hall–Kier alpha value is -1.59. The Morgan fingerprint density at radius 3 is 2.65 bits per heavy atom. The molecule has 0 aliphatic carbocycles. The number of benzene rings is 1. The van der Waals surface area contributed by atoms with Crippen molar-refractivity contribution >= 4 is 27.1 Å². The van der Waals surface area contributed by atoms with Crippen LogP contribution in [0.4, 0.5) is 5.69 Å². The van der Waals surface area contributed by atoms with E-state index in [-0.39, 0.29) is 5.75 Å². The molecule has 0 atom stereocenters. The maximum atomic E-state index is 11.2. The van der Waals surface area contributed by atoms with E-state index in [1.807, 2.05) is 30.3 Å². The van der Waals surface area contributed by atoms with Gasteiger partial charge in [0.2, 0.25) is 0 Å². The zero-order valence-electron chi connectivity index (χ0n) is 11.0. The van der Waals surface area contributed by atoms with E-state index in [4.69, 9.17) is 11.6 Å². The monoisotopic (exact) mass is 310 g/mol. The third-order valence-electron chi connectivity index (χ3n) is 2.77. The molecule has 1 heterocycles. The minimum Gasteiger partial charge on any atom is -0.382 e. The molecule has 1 aromatic heterocycles. The Labute approximate surface area is 123 Å². The number of pyridine rings is 1. The van der Waals surface area contributed by atoms with Gasteiger partial charge in [0.25, 0.3) is 0 Å². The SMILES string of the molecule is CS(=O)(=O)CCNc1cnccc1-c1ccccc1Cl. The number of nitrogens with one attached hydrogen (secondary N) is 1. The van der Waals surface area contributed by atoms with Crippen LogP contribution in [0.15, 0.2) is 42.7 Å². The van der Waals surface area contributed by atoms with Gasteiger partial charge in [-0.15, -0.1) is 0 Å². The zero-order chi connectivity index (χ0) is 14.6. The topological polar surface area (TPSA) is 59.1 Å². The molecular formula is C14H15ClN2O2S. The number of nitrogens with zero attached hydrogens (tertiary/aromatic N) is 1. The number of anilines is 1. The van der Waals surface area contributed by atoms with Crippen molar-refractivity contribution in [2.75, 3.05) is 23.9 Å². The second-order valence-corrected chi connectivity index (χ2v) is 7.12. The maximum Gasteiger partial charge on any atom is 0.149 e. The fourth-order valence-electron chi connectivity index (χ4n) is 1.82. The Kier molecular flexibility index (Phi) is 4.62. The second-order valence-electron chi connectivity index (χ2n) is 4.46. The van der Waals surface area contributed by atoms with E-state index in [0.29, 0.717) is 11.6 Å². The average Bonchev–Trinajstić information content (AvgIpc) is 2.39. The van der Waals surface area contributed by atoms with Crippen molar-refractivity contribution in [1.82, 2.24) is 4.98 Å². The Morgan fingerprint density at radius 2 is 1.95 bits per heavy atom. The van der Waals surface area contributed by atoms with Crippen molar-refractivity contribution in [2.45, 2.75) is 0 Å². The van der Waals surface area contributed by atoms with Crippen molar-refractivity contribution in [2.24, 2.45) is 0 Å². The van der Waals surface area contributed by atoms with Gasteiger partial charge >= 0.3 is 0 Å². The number of hydrogen-bond donors (Lipinski definition) is 1. The zero-order valence-corrected chi connectivity index (χ0v) is 12.6. The summed E-state index contributed by atoms with van der Waals surface area (Å²) in [4.78, 5) is 4.06. The summed E-state index contributed by atoms with van der Waals surface area (Å²) >= 11 is 6.19. The predicted octanol–water partition coefficient (Wildman–Crippen LogP) is 2.86. The van der Waals surface area contributed by atoms with Gasteiger partial charge in [-0.2, -0.15) is 0 Å². The quantitative estimate of drug-likeness (QED) is 0.922. The molecule has 0 aliphatic heterocycles. The highest BCUT2D eigenvalue weighted by molar-refractivity contribution is 7.90. The predicted molar refractivity (Wildman–Crippen MR) is 82.9 cm³/mol. The molecule has 0 unspecified atom stereocenters. The van der Waals surface area contributed by atoms with E-state index >= 15 is 0 Å². The lowest BCUT2D eigenvalue weighted by molar-refractivity contribution is 0.602. The smallest absolute Gasteiger partial charge is 0.149 e. The van der Waals surface area contributed by atoms with Crippen LogP contribution in [0.2, 0.25) is 5.02 Å². The lowest BCUT2D eigenvalue weighted by Gasteiger charge is -2.12. The first-order chi connectivity index (χ1) is 9.47. The van der Waals surface area contributed by atoms with Gasteiger partial charge in [-0.1, -0.05) is 29.8 Å². The molecule has 1 N–H and O–H groups in total. The van der Waals surface area contributed by atoms with E-state index in [2.05, 4.69) is 10.3 Å². The van der Waals surface area contributed by atoms with Gasteiger partial charge in [-0.25, -0.2) is 8.42 Å². The summed E-state index contributed by atoms with van der Waals surface area (Å²) in [6.07, 6.45) is 4.56. The fraction of sp³-hybridized carbons (Fsp3) is 0.214. The van der Waals surface area contributed by atoms with Crippen LogP contribution in [0, 0.1) is 0 Å². The summed E-state index contributed by atoms with van der Waals surface area (Å²) < 4.78 is 22.3. The summed E-state index contributed by atoms with van der Waals surface area (Å²) in [5.74, 6) is 0.0733. The summed E-state index contributed by atoms with van der Waals surface area (Å²) in [5, 5.41) is 3.74. The molecule has 1 aromatic carbocycles. The standard InChI is InChI=1S/C14H15ClN2O2S/c1-20(18,19)9-8-17-14-10-16-7-6-12(14)11-4-2-3-5-13(11)15/h2-7,10,17H,8-9H2,1H3. The van der Waals surface area contributed by atoms with Crippen LogP contribution >= 0.6 is 11.6 Å². The minimum absolute atomic E-state index is 0.0733. The summed E-state index contributed by atoms with van der Waals surface area (Å²) in [6.45, 7) is 0.335. The fourth-order valence-corrected chi connectivity index (χ4v) is 2.53. The van der Waals surface area contributed by atoms with E-state index in [1.165, 1.54) is 6.26 Å². The maximum absolute atomic E-state index is 11.2. The van der Waals surface area contributed by atoms with Crippen LogP contribution < -0.4 is 5.32 Å². The highest BCUT2D eigenvalue weighted by Gasteiger charge is 2.09. The molecule has 2 rings (SSSR count). The van der Waals surface area contributed by atoms with Gasteiger partial charge in [0, 0.05) is 35.1 Å². The lowest BCUT2D eigenvalue weighted by atomic mass is 10.1. The van der Waals surface area contributed by atoms with Gasteiger partial charge in [0.15, 0.2) is 0 Å². The normalized spacial score (nSPS) is 11.3. The molecule has 6 heteroatoms. The van der Waals surface area contributed by atoms with Gasteiger partial charge in [-0.3, -0.25) is 4.98 Å². The third-order valence-corrected chi connectivity index (χ3v) is 4.05. The van der Waals surface area contributed by atoms with Gasteiger partial charge in [0.05, 0.1) is 17.6 Å². The number of rotatable bonds is 5.